The highest BCUT2D eigenvalue weighted by Crippen LogP contribution is 2.11. The lowest BCUT2D eigenvalue weighted by molar-refractivity contribution is -0.139. The van der Waals surface area contributed by atoms with E-state index in [0.29, 0.717) is 19.4 Å². The molecule has 0 aromatic heterocycles. The van der Waals surface area contributed by atoms with Crippen LogP contribution in [0.15, 0.2) is 60.7 Å². The van der Waals surface area contributed by atoms with Crippen LogP contribution < -0.4 is 5.32 Å². The van der Waals surface area contributed by atoms with Gasteiger partial charge in [-0.2, -0.15) is 0 Å². The Labute approximate surface area is 149 Å². The van der Waals surface area contributed by atoms with Gasteiger partial charge in [-0.3, -0.25) is 9.59 Å². The average Bonchev–Trinajstić information content (AvgIpc) is 2.65. The second kappa shape index (κ2) is 9.62. The van der Waals surface area contributed by atoms with Crippen molar-refractivity contribution in [3.63, 3.8) is 0 Å². The van der Waals surface area contributed by atoms with Crippen molar-refractivity contribution >= 4 is 11.8 Å². The minimum absolute atomic E-state index is 0.00158. The first-order chi connectivity index (χ1) is 12.1. The average molecular weight is 338 g/mol. The van der Waals surface area contributed by atoms with Crippen molar-refractivity contribution in [2.75, 3.05) is 7.05 Å². The minimum Gasteiger partial charge on any atom is -0.350 e. The van der Waals surface area contributed by atoms with E-state index in [1.54, 1.807) is 11.9 Å². The molecule has 0 bridgehead atoms. The van der Waals surface area contributed by atoms with E-state index in [1.165, 1.54) is 0 Å². The van der Waals surface area contributed by atoms with Crippen LogP contribution in [0.4, 0.5) is 0 Å². The van der Waals surface area contributed by atoms with Crippen molar-refractivity contribution in [3.8, 4) is 0 Å². The number of hydrogen-bond donors (Lipinski definition) is 1. The SMILES string of the molecule is CCCC(=O)N(C)[C@H](Cc1ccccc1)C(=O)NCc1ccccc1. The lowest BCUT2D eigenvalue weighted by Gasteiger charge is -2.27. The molecule has 25 heavy (non-hydrogen) atoms. The zero-order chi connectivity index (χ0) is 18.1. The third-order valence-electron chi connectivity index (χ3n) is 4.21. The Bertz CT molecular complexity index is 671. The number of benzene rings is 2. The highest BCUT2D eigenvalue weighted by atomic mass is 16.2. The molecule has 0 heterocycles. The molecule has 0 aliphatic rings. The number of hydrogen-bond acceptors (Lipinski definition) is 2. The molecule has 4 nitrogen and oxygen atoms in total. The number of nitrogens with one attached hydrogen (secondary N) is 1. The molecule has 0 spiro atoms. The fourth-order valence-electron chi connectivity index (χ4n) is 2.71. The maximum absolute atomic E-state index is 12.8. The monoisotopic (exact) mass is 338 g/mol. The number of likely N-dealkylation sites (N-methyl/N-ethyl adjacent to an activating group) is 1. The molecule has 0 fully saturated rings. The first-order valence-electron chi connectivity index (χ1n) is 8.73. The van der Waals surface area contributed by atoms with E-state index in [-0.39, 0.29) is 11.8 Å². The summed E-state index contributed by atoms with van der Waals surface area (Å²) in [5.41, 5.74) is 2.08. The largest absolute Gasteiger partial charge is 0.350 e. The van der Waals surface area contributed by atoms with Crippen molar-refractivity contribution in [2.45, 2.75) is 38.8 Å². The summed E-state index contributed by atoms with van der Waals surface area (Å²) in [4.78, 5) is 26.6. The topological polar surface area (TPSA) is 49.4 Å². The van der Waals surface area contributed by atoms with Crippen molar-refractivity contribution in [3.05, 3.63) is 71.8 Å². The number of rotatable bonds is 8. The summed E-state index contributed by atoms with van der Waals surface area (Å²) >= 11 is 0. The Morgan fingerprint density at radius 1 is 0.960 bits per heavy atom. The van der Waals surface area contributed by atoms with E-state index in [1.807, 2.05) is 67.6 Å². The summed E-state index contributed by atoms with van der Waals surface area (Å²) in [6.07, 6.45) is 1.73. The first-order valence-corrected chi connectivity index (χ1v) is 8.73. The maximum Gasteiger partial charge on any atom is 0.243 e. The van der Waals surface area contributed by atoms with E-state index < -0.39 is 6.04 Å². The third-order valence-corrected chi connectivity index (χ3v) is 4.21. The Morgan fingerprint density at radius 3 is 2.08 bits per heavy atom. The molecule has 2 rings (SSSR count). The molecule has 2 amide bonds. The van der Waals surface area contributed by atoms with Crippen LogP contribution in [0.1, 0.15) is 30.9 Å². The normalized spacial score (nSPS) is 11.6. The molecule has 0 saturated heterocycles. The molecule has 4 heteroatoms. The van der Waals surface area contributed by atoms with Crippen LogP contribution in [0, 0.1) is 0 Å². The number of nitrogens with zero attached hydrogens (tertiary/aromatic N) is 1. The fourth-order valence-corrected chi connectivity index (χ4v) is 2.71. The van der Waals surface area contributed by atoms with E-state index in [0.717, 1.165) is 17.5 Å². The summed E-state index contributed by atoms with van der Waals surface area (Å²) in [6.45, 7) is 2.42. The van der Waals surface area contributed by atoms with Gasteiger partial charge in [-0.25, -0.2) is 0 Å². The van der Waals surface area contributed by atoms with Gasteiger partial charge >= 0.3 is 0 Å². The van der Waals surface area contributed by atoms with Crippen molar-refractivity contribution < 1.29 is 9.59 Å². The molecular weight excluding hydrogens is 312 g/mol. The molecule has 0 aliphatic heterocycles. The Morgan fingerprint density at radius 2 is 1.52 bits per heavy atom. The van der Waals surface area contributed by atoms with Crippen LogP contribution >= 0.6 is 0 Å². The van der Waals surface area contributed by atoms with Crippen molar-refractivity contribution in [1.29, 1.82) is 0 Å². The van der Waals surface area contributed by atoms with Gasteiger partial charge in [0.2, 0.25) is 11.8 Å². The van der Waals surface area contributed by atoms with Crippen LogP contribution in [0.5, 0.6) is 0 Å². The predicted octanol–water partition coefficient (Wildman–Crippen LogP) is 3.17. The van der Waals surface area contributed by atoms with Crippen LogP contribution in [0.3, 0.4) is 0 Å². The Balaban J connectivity index is 2.09. The molecule has 1 N–H and O–H groups in total. The first kappa shape index (κ1) is 18.7. The summed E-state index contributed by atoms with van der Waals surface area (Å²) in [5, 5.41) is 2.96. The highest BCUT2D eigenvalue weighted by molar-refractivity contribution is 5.87. The van der Waals surface area contributed by atoms with E-state index in [2.05, 4.69) is 5.32 Å². The zero-order valence-electron chi connectivity index (χ0n) is 14.9. The molecule has 0 aliphatic carbocycles. The van der Waals surface area contributed by atoms with Gasteiger partial charge < -0.3 is 10.2 Å². The summed E-state index contributed by atoms with van der Waals surface area (Å²) in [7, 11) is 1.72. The van der Waals surface area contributed by atoms with Crippen LogP contribution in [0.2, 0.25) is 0 Å². The van der Waals surface area contributed by atoms with Gasteiger partial charge in [-0.15, -0.1) is 0 Å². The molecule has 2 aromatic rings. The highest BCUT2D eigenvalue weighted by Gasteiger charge is 2.26. The number of amides is 2. The Hall–Kier alpha value is -2.62. The second-order valence-electron chi connectivity index (χ2n) is 6.16. The third kappa shape index (κ3) is 5.75. The van der Waals surface area contributed by atoms with E-state index in [4.69, 9.17) is 0 Å². The van der Waals surface area contributed by atoms with Gasteiger partial charge in [-0.1, -0.05) is 67.6 Å². The van der Waals surface area contributed by atoms with Crippen LogP contribution in [-0.2, 0) is 22.6 Å². The van der Waals surface area contributed by atoms with Gasteiger partial charge in [0, 0.05) is 26.4 Å². The smallest absolute Gasteiger partial charge is 0.243 e. The van der Waals surface area contributed by atoms with Gasteiger partial charge in [0.15, 0.2) is 0 Å². The molecule has 132 valence electrons. The minimum atomic E-state index is -0.509. The summed E-state index contributed by atoms with van der Waals surface area (Å²) in [6, 6.07) is 19.1. The fraction of sp³-hybridized carbons (Fsp3) is 0.333. The predicted molar refractivity (Wildman–Crippen MR) is 99.9 cm³/mol. The zero-order valence-corrected chi connectivity index (χ0v) is 14.9. The quantitative estimate of drug-likeness (QED) is 0.804. The molecule has 2 aromatic carbocycles. The number of carbonyl (C=O) groups is 2. The van der Waals surface area contributed by atoms with Gasteiger partial charge in [0.05, 0.1) is 0 Å². The van der Waals surface area contributed by atoms with E-state index >= 15 is 0 Å². The second-order valence-corrected chi connectivity index (χ2v) is 6.16. The van der Waals surface area contributed by atoms with Gasteiger partial charge in [0.25, 0.3) is 0 Å². The molecule has 0 radical (unpaired) electrons. The summed E-state index contributed by atoms with van der Waals surface area (Å²) < 4.78 is 0. The van der Waals surface area contributed by atoms with Gasteiger partial charge in [-0.05, 0) is 17.5 Å². The lowest BCUT2D eigenvalue weighted by Crippen LogP contribution is -2.48. The molecular formula is C21H26N2O2. The molecule has 1 atom stereocenters. The maximum atomic E-state index is 12.8. The lowest BCUT2D eigenvalue weighted by atomic mass is 10.0. The van der Waals surface area contributed by atoms with Crippen LogP contribution in [-0.4, -0.2) is 29.8 Å². The number of carbonyl (C=O) groups excluding carboxylic acids is 2. The van der Waals surface area contributed by atoms with Gasteiger partial charge in [0.1, 0.15) is 6.04 Å². The summed E-state index contributed by atoms with van der Waals surface area (Å²) in [5.74, 6) is -0.127. The molecule has 0 saturated carbocycles. The van der Waals surface area contributed by atoms with Crippen molar-refractivity contribution in [1.82, 2.24) is 10.2 Å². The Kier molecular flexibility index (Phi) is 7.20. The molecule has 0 unspecified atom stereocenters. The van der Waals surface area contributed by atoms with Crippen molar-refractivity contribution in [2.24, 2.45) is 0 Å². The van der Waals surface area contributed by atoms with E-state index in [9.17, 15) is 9.59 Å². The standard InChI is InChI=1S/C21H26N2O2/c1-3-10-20(24)23(2)19(15-17-11-6-4-7-12-17)21(25)22-16-18-13-8-5-9-14-18/h4-9,11-14,19H,3,10,15-16H2,1-2H3,(H,22,25)/t19-/m1/s1. The van der Waals surface area contributed by atoms with Crippen LogP contribution in [0.25, 0.3) is 0 Å².